The smallest absolute Gasteiger partial charge is 0.194 e. The van der Waals surface area contributed by atoms with Gasteiger partial charge in [0.2, 0.25) is 0 Å². The number of allylic oxidation sites excluding steroid dienone is 1. The molecule has 1 heterocycles. The molecule has 0 atom stereocenters. The average Bonchev–Trinajstić information content (AvgIpc) is 3.30. The molecule has 0 saturated heterocycles. The van der Waals surface area contributed by atoms with E-state index in [1.807, 2.05) is 48.5 Å². The number of aryl methyl sites for hydroxylation is 3. The second-order valence-corrected chi connectivity index (χ2v) is 8.95. The summed E-state index contributed by atoms with van der Waals surface area (Å²) in [4.78, 5) is 13.9. The maximum absolute atomic E-state index is 13.9. The van der Waals surface area contributed by atoms with E-state index >= 15 is 0 Å². The van der Waals surface area contributed by atoms with Crippen LogP contribution in [0, 0.1) is 13.8 Å². The number of Topliss-reactive ketones (excluding diaryl/α,β-unsaturated/α-hetero) is 1. The minimum absolute atomic E-state index is 0.110. The highest BCUT2D eigenvalue weighted by Crippen LogP contribution is 2.45. The zero-order valence-electron chi connectivity index (χ0n) is 19.1. The van der Waals surface area contributed by atoms with Crippen molar-refractivity contribution in [3.63, 3.8) is 0 Å². The van der Waals surface area contributed by atoms with Gasteiger partial charge in [-0.15, -0.1) is 0 Å². The summed E-state index contributed by atoms with van der Waals surface area (Å²) < 4.78 is 2.40. The van der Waals surface area contributed by atoms with E-state index in [1.165, 1.54) is 27.5 Å². The van der Waals surface area contributed by atoms with Crippen molar-refractivity contribution in [3.05, 3.63) is 118 Å². The van der Waals surface area contributed by atoms with E-state index < -0.39 is 0 Å². The number of rotatable bonds is 3. The summed E-state index contributed by atoms with van der Waals surface area (Å²) in [6.07, 6.45) is 0. The zero-order valence-corrected chi connectivity index (χ0v) is 19.1. The number of fused-ring (bicyclic) bond motifs is 4. The summed E-state index contributed by atoms with van der Waals surface area (Å²) in [5.41, 5.74) is 10.7. The van der Waals surface area contributed by atoms with Crippen LogP contribution in [0.25, 0.3) is 33.0 Å². The molecule has 0 unspecified atom stereocenters. The summed E-state index contributed by atoms with van der Waals surface area (Å²) in [6, 6.07) is 29.3. The number of nitrogens with zero attached hydrogens (tertiary/aromatic N) is 1. The summed E-state index contributed by atoms with van der Waals surface area (Å²) in [5.74, 6) is 0.110. The van der Waals surface area contributed by atoms with Gasteiger partial charge in [0.15, 0.2) is 5.78 Å². The molecule has 33 heavy (non-hydrogen) atoms. The predicted molar refractivity (Wildman–Crippen MR) is 138 cm³/mol. The van der Waals surface area contributed by atoms with E-state index in [4.69, 9.17) is 0 Å². The van der Waals surface area contributed by atoms with Gasteiger partial charge in [-0.1, -0.05) is 72.3 Å². The minimum atomic E-state index is 0.110. The summed E-state index contributed by atoms with van der Waals surface area (Å²) in [7, 11) is 0. The normalized spacial score (nSPS) is 13.4. The molecule has 1 aliphatic rings. The van der Waals surface area contributed by atoms with E-state index in [2.05, 4.69) is 61.7 Å². The molecule has 0 bridgehead atoms. The Morgan fingerprint density at radius 2 is 1.33 bits per heavy atom. The number of hydrogen-bond acceptors (Lipinski definition) is 1. The maximum atomic E-state index is 13.9. The van der Waals surface area contributed by atoms with Crippen LogP contribution >= 0.6 is 0 Å². The molecule has 1 aromatic heterocycles. The molecule has 0 amide bonds. The highest BCUT2D eigenvalue weighted by atomic mass is 16.1. The topological polar surface area (TPSA) is 22.0 Å². The van der Waals surface area contributed by atoms with Crippen LogP contribution in [0.5, 0.6) is 0 Å². The van der Waals surface area contributed by atoms with E-state index in [9.17, 15) is 4.79 Å². The lowest BCUT2D eigenvalue weighted by atomic mass is 9.94. The number of benzene rings is 4. The molecular formula is C31H25NO. The Morgan fingerprint density at radius 3 is 1.97 bits per heavy atom. The van der Waals surface area contributed by atoms with Crippen molar-refractivity contribution >= 4 is 38.7 Å². The molecule has 0 radical (unpaired) electrons. The van der Waals surface area contributed by atoms with Gasteiger partial charge < -0.3 is 4.57 Å². The monoisotopic (exact) mass is 427 g/mol. The van der Waals surface area contributed by atoms with Crippen LogP contribution in [0.4, 0.5) is 0 Å². The van der Waals surface area contributed by atoms with Crippen LogP contribution in [-0.2, 0) is 6.54 Å². The Labute approximate surface area is 193 Å². The summed E-state index contributed by atoms with van der Waals surface area (Å²) >= 11 is 0. The van der Waals surface area contributed by atoms with E-state index in [0.717, 1.165) is 45.3 Å². The van der Waals surface area contributed by atoms with Gasteiger partial charge in [-0.05, 0) is 61.2 Å². The molecule has 1 aliphatic carbocycles. The first-order chi connectivity index (χ1) is 16.1. The molecule has 4 aromatic carbocycles. The maximum Gasteiger partial charge on any atom is 0.194 e. The number of ketones is 1. The molecule has 6 rings (SSSR count). The van der Waals surface area contributed by atoms with Gasteiger partial charge >= 0.3 is 0 Å². The summed E-state index contributed by atoms with van der Waals surface area (Å²) in [5, 5.41) is 2.39. The van der Waals surface area contributed by atoms with Crippen molar-refractivity contribution in [1.82, 2.24) is 4.57 Å². The number of aromatic nitrogens is 1. The van der Waals surface area contributed by atoms with Crippen molar-refractivity contribution in [2.45, 2.75) is 27.3 Å². The molecule has 0 saturated carbocycles. The van der Waals surface area contributed by atoms with Gasteiger partial charge in [0.25, 0.3) is 0 Å². The van der Waals surface area contributed by atoms with E-state index in [-0.39, 0.29) is 5.78 Å². The van der Waals surface area contributed by atoms with Crippen molar-refractivity contribution in [2.24, 2.45) is 0 Å². The van der Waals surface area contributed by atoms with Crippen molar-refractivity contribution < 1.29 is 4.79 Å². The van der Waals surface area contributed by atoms with Crippen molar-refractivity contribution in [1.29, 1.82) is 0 Å². The Balaban J connectivity index is 1.74. The molecule has 0 spiro atoms. The molecular weight excluding hydrogens is 402 g/mol. The lowest BCUT2D eigenvalue weighted by molar-refractivity contribution is 0.105. The van der Waals surface area contributed by atoms with Crippen LogP contribution < -0.4 is 0 Å². The molecule has 2 nitrogen and oxygen atoms in total. The number of hydrogen-bond donors (Lipinski definition) is 0. The standard InChI is InChI=1S/C31H25NO/c1-4-32-27-18-24-26(17-23(27)25-16-19(2)15-20(3)30(25)32)31(33)29(22-13-9-6-10-14-22)28(24)21-11-7-5-8-12-21/h5-18H,4H2,1-3H3. The van der Waals surface area contributed by atoms with E-state index in [0.29, 0.717) is 0 Å². The number of carbonyl (C=O) groups is 1. The SMILES string of the molecule is CCn1c2cc3c(cc2c2cc(C)cc(C)c21)C(=O)C(c1ccccc1)=C3c1ccccc1. The third-order valence-corrected chi connectivity index (χ3v) is 6.86. The minimum Gasteiger partial charge on any atom is -0.341 e. The van der Waals surface area contributed by atoms with Gasteiger partial charge in [0, 0.05) is 39.5 Å². The van der Waals surface area contributed by atoms with Gasteiger partial charge in [0.05, 0.1) is 5.52 Å². The summed E-state index contributed by atoms with van der Waals surface area (Å²) in [6.45, 7) is 7.40. The highest BCUT2D eigenvalue weighted by Gasteiger charge is 2.32. The Bertz CT molecular complexity index is 1600. The second-order valence-electron chi connectivity index (χ2n) is 8.95. The van der Waals surface area contributed by atoms with Crippen LogP contribution in [0.2, 0.25) is 0 Å². The molecule has 0 fully saturated rings. The van der Waals surface area contributed by atoms with Crippen LogP contribution in [0.1, 0.15) is 45.1 Å². The quantitative estimate of drug-likeness (QED) is 0.291. The van der Waals surface area contributed by atoms with Gasteiger partial charge in [-0.2, -0.15) is 0 Å². The first-order valence-corrected chi connectivity index (χ1v) is 11.6. The molecule has 5 aromatic rings. The highest BCUT2D eigenvalue weighted by molar-refractivity contribution is 6.42. The van der Waals surface area contributed by atoms with Crippen LogP contribution in [-0.4, -0.2) is 10.4 Å². The van der Waals surface area contributed by atoms with Crippen molar-refractivity contribution in [2.75, 3.05) is 0 Å². The van der Waals surface area contributed by atoms with Crippen LogP contribution in [0.15, 0.2) is 84.9 Å². The third kappa shape index (κ3) is 2.84. The fourth-order valence-corrected chi connectivity index (χ4v) is 5.56. The first-order valence-electron chi connectivity index (χ1n) is 11.6. The van der Waals surface area contributed by atoms with Gasteiger partial charge in [0.1, 0.15) is 0 Å². The lowest BCUT2D eigenvalue weighted by Crippen LogP contribution is -1.99. The number of carbonyl (C=O) groups excluding carboxylic acids is 1. The molecule has 2 heteroatoms. The lowest BCUT2D eigenvalue weighted by Gasteiger charge is -2.10. The van der Waals surface area contributed by atoms with Gasteiger partial charge in [-0.3, -0.25) is 4.79 Å². The third-order valence-electron chi connectivity index (χ3n) is 6.86. The molecule has 0 N–H and O–H groups in total. The fourth-order valence-electron chi connectivity index (χ4n) is 5.56. The van der Waals surface area contributed by atoms with Crippen molar-refractivity contribution in [3.8, 4) is 0 Å². The van der Waals surface area contributed by atoms with Gasteiger partial charge in [-0.25, -0.2) is 0 Å². The Morgan fingerprint density at radius 1 is 0.697 bits per heavy atom. The first kappa shape index (κ1) is 19.8. The van der Waals surface area contributed by atoms with Crippen LogP contribution in [0.3, 0.4) is 0 Å². The van der Waals surface area contributed by atoms with E-state index in [1.54, 1.807) is 0 Å². The predicted octanol–water partition coefficient (Wildman–Crippen LogP) is 7.59. The average molecular weight is 428 g/mol. The Hall–Kier alpha value is -3.91. The second kappa shape index (κ2) is 7.31. The Kier molecular flexibility index (Phi) is 4.38. The zero-order chi connectivity index (χ0) is 22.7. The fraction of sp³-hybridized carbons (Fsp3) is 0.129. The molecule has 0 aliphatic heterocycles. The largest absolute Gasteiger partial charge is 0.341 e. The molecule has 160 valence electrons.